The van der Waals surface area contributed by atoms with Gasteiger partial charge in [0, 0.05) is 43.6 Å². The zero-order chi connectivity index (χ0) is 24.2. The van der Waals surface area contributed by atoms with Gasteiger partial charge in [0.1, 0.15) is 17.4 Å². The van der Waals surface area contributed by atoms with Gasteiger partial charge in [-0.2, -0.15) is 4.98 Å². The summed E-state index contributed by atoms with van der Waals surface area (Å²) in [6, 6.07) is 13.4. The van der Waals surface area contributed by atoms with E-state index in [1.807, 2.05) is 4.90 Å². The van der Waals surface area contributed by atoms with Crippen molar-refractivity contribution in [2.75, 3.05) is 48.9 Å². The Balaban J connectivity index is 1.56. The molecule has 0 bridgehead atoms. The summed E-state index contributed by atoms with van der Waals surface area (Å²) in [6.45, 7) is 4.49. The molecule has 1 aliphatic heterocycles. The van der Waals surface area contributed by atoms with E-state index < -0.39 is 6.09 Å². The van der Waals surface area contributed by atoms with Gasteiger partial charge < -0.3 is 25.0 Å². The van der Waals surface area contributed by atoms with Crippen molar-refractivity contribution < 1.29 is 19.0 Å². The molecule has 1 unspecified atom stereocenters. The zero-order valence-corrected chi connectivity index (χ0v) is 19.3. The second kappa shape index (κ2) is 9.92. The van der Waals surface area contributed by atoms with E-state index in [9.17, 15) is 14.3 Å². The highest BCUT2D eigenvalue weighted by Gasteiger charge is 2.24. The molecule has 0 aliphatic carbocycles. The number of likely N-dealkylation sites (N-methyl/N-ethyl adjacent to an activating group) is 1. The maximum Gasteiger partial charge on any atom is 0.417 e. The van der Waals surface area contributed by atoms with E-state index in [2.05, 4.69) is 34.2 Å². The summed E-state index contributed by atoms with van der Waals surface area (Å²) in [5.74, 6) is 0.296. The van der Waals surface area contributed by atoms with Crippen molar-refractivity contribution in [3.63, 3.8) is 0 Å². The van der Waals surface area contributed by atoms with Gasteiger partial charge in [0.15, 0.2) is 0 Å². The molecule has 1 amide bonds. The summed E-state index contributed by atoms with van der Waals surface area (Å²) < 4.78 is 20.2. The number of para-hydroxylation sites is 2. The van der Waals surface area contributed by atoms with Gasteiger partial charge in [-0.1, -0.05) is 12.1 Å². The molecule has 34 heavy (non-hydrogen) atoms. The van der Waals surface area contributed by atoms with Crippen LogP contribution in [0, 0.1) is 5.82 Å². The van der Waals surface area contributed by atoms with Crippen LogP contribution < -0.4 is 19.9 Å². The molecule has 2 aromatic carbocycles. The third kappa shape index (κ3) is 4.86. The van der Waals surface area contributed by atoms with Crippen LogP contribution in [0.15, 0.2) is 54.7 Å². The molecule has 3 aromatic rings. The molecule has 2 heterocycles. The zero-order valence-electron chi connectivity index (χ0n) is 19.3. The monoisotopic (exact) mass is 466 g/mol. The van der Waals surface area contributed by atoms with Crippen molar-refractivity contribution in [3.8, 4) is 5.75 Å². The van der Waals surface area contributed by atoms with Crippen molar-refractivity contribution in [1.82, 2.24) is 14.9 Å². The Kier molecular flexibility index (Phi) is 6.78. The number of benzene rings is 2. The van der Waals surface area contributed by atoms with E-state index in [1.165, 1.54) is 25.4 Å². The fourth-order valence-electron chi connectivity index (χ4n) is 3.91. The van der Waals surface area contributed by atoms with Crippen LogP contribution in [-0.4, -0.2) is 65.9 Å². The van der Waals surface area contributed by atoms with Crippen LogP contribution in [-0.2, 0) is 0 Å². The second-order valence-corrected chi connectivity index (χ2v) is 8.10. The molecule has 1 fully saturated rings. The number of carbonyl (C=O) groups is 1. The highest BCUT2D eigenvalue weighted by atomic mass is 19.1. The van der Waals surface area contributed by atoms with Gasteiger partial charge in [-0.3, -0.25) is 0 Å². The Morgan fingerprint density at radius 3 is 2.74 bits per heavy atom. The number of nitrogens with one attached hydrogen (secondary N) is 1. The van der Waals surface area contributed by atoms with E-state index in [0.29, 0.717) is 28.9 Å². The van der Waals surface area contributed by atoms with E-state index in [0.717, 1.165) is 24.5 Å². The molecule has 1 atom stereocenters. The normalized spacial score (nSPS) is 16.2. The predicted molar refractivity (Wildman–Crippen MR) is 129 cm³/mol. The SMILES string of the molecule is COc1ccccc1N(C(=O)O)c1ccnc(Nc2ccc(N3CCN(C)C(C)C3)c(F)c2)n1. The molecular weight excluding hydrogens is 439 g/mol. The Morgan fingerprint density at radius 1 is 1.24 bits per heavy atom. The first-order valence-electron chi connectivity index (χ1n) is 10.9. The van der Waals surface area contributed by atoms with Crippen molar-refractivity contribution >= 4 is 34.9 Å². The molecule has 4 rings (SSSR count). The Labute approximate surface area is 197 Å². The maximum atomic E-state index is 14.9. The summed E-state index contributed by atoms with van der Waals surface area (Å²) in [4.78, 5) is 25.8. The predicted octanol–water partition coefficient (Wildman–Crippen LogP) is 4.32. The number of halogens is 1. The van der Waals surface area contributed by atoms with Crippen LogP contribution in [0.3, 0.4) is 0 Å². The minimum atomic E-state index is -1.23. The number of methoxy groups -OCH3 is 1. The number of ether oxygens (including phenoxy) is 1. The maximum absolute atomic E-state index is 14.9. The molecule has 0 radical (unpaired) electrons. The number of rotatable bonds is 6. The molecule has 0 spiro atoms. The minimum Gasteiger partial charge on any atom is -0.495 e. The van der Waals surface area contributed by atoms with Crippen LogP contribution in [0.4, 0.5) is 38.0 Å². The summed E-state index contributed by atoms with van der Waals surface area (Å²) >= 11 is 0. The van der Waals surface area contributed by atoms with Crippen molar-refractivity contribution in [2.24, 2.45) is 0 Å². The molecule has 0 saturated carbocycles. The van der Waals surface area contributed by atoms with Gasteiger partial charge in [-0.25, -0.2) is 19.1 Å². The summed E-state index contributed by atoms with van der Waals surface area (Å²) in [5, 5.41) is 12.8. The quantitative estimate of drug-likeness (QED) is 0.555. The lowest BCUT2D eigenvalue weighted by Crippen LogP contribution is -2.50. The van der Waals surface area contributed by atoms with Gasteiger partial charge in [-0.15, -0.1) is 0 Å². The van der Waals surface area contributed by atoms with E-state index >= 15 is 0 Å². The van der Waals surface area contributed by atoms with Crippen molar-refractivity contribution in [2.45, 2.75) is 13.0 Å². The molecule has 10 heteroatoms. The number of aromatic nitrogens is 2. The van der Waals surface area contributed by atoms with Crippen LogP contribution >= 0.6 is 0 Å². The Bertz CT molecular complexity index is 1180. The van der Waals surface area contributed by atoms with Crippen LogP contribution in [0.5, 0.6) is 5.75 Å². The lowest BCUT2D eigenvalue weighted by atomic mass is 10.1. The number of amides is 1. The van der Waals surface area contributed by atoms with Crippen molar-refractivity contribution in [1.29, 1.82) is 0 Å². The average Bonchev–Trinajstić information content (AvgIpc) is 2.82. The molecule has 1 aromatic heterocycles. The Hall–Kier alpha value is -3.92. The van der Waals surface area contributed by atoms with E-state index in [1.54, 1.807) is 36.4 Å². The van der Waals surface area contributed by atoms with Crippen LogP contribution in [0.1, 0.15) is 6.92 Å². The van der Waals surface area contributed by atoms with E-state index in [4.69, 9.17) is 4.74 Å². The molecule has 9 nitrogen and oxygen atoms in total. The topological polar surface area (TPSA) is 94.1 Å². The fourth-order valence-corrected chi connectivity index (χ4v) is 3.91. The van der Waals surface area contributed by atoms with Gasteiger partial charge in [-0.05, 0) is 44.3 Å². The van der Waals surface area contributed by atoms with Gasteiger partial charge in [0.25, 0.3) is 0 Å². The van der Waals surface area contributed by atoms with Gasteiger partial charge in [0.05, 0.1) is 18.5 Å². The smallest absolute Gasteiger partial charge is 0.417 e. The average molecular weight is 467 g/mol. The number of anilines is 5. The number of nitrogens with zero attached hydrogens (tertiary/aromatic N) is 5. The number of hydrogen-bond acceptors (Lipinski definition) is 7. The molecule has 2 N–H and O–H groups in total. The standard InChI is InChI=1S/C24H27FN6O3/c1-16-15-30(13-12-29(16)2)19-9-8-17(14-18(19)25)27-23-26-11-10-22(28-23)31(24(32)33)20-6-4-5-7-21(20)34-3/h4-11,14,16H,12-13,15H2,1-3H3,(H,32,33)(H,26,27,28). The van der Waals surface area contributed by atoms with Crippen LogP contribution in [0.2, 0.25) is 0 Å². The first-order chi connectivity index (χ1) is 16.4. The highest BCUT2D eigenvalue weighted by molar-refractivity contribution is 5.95. The summed E-state index contributed by atoms with van der Waals surface area (Å²) in [6.07, 6.45) is 0.206. The summed E-state index contributed by atoms with van der Waals surface area (Å²) in [5.41, 5.74) is 1.33. The minimum absolute atomic E-state index is 0.123. The molecule has 1 saturated heterocycles. The van der Waals surface area contributed by atoms with Crippen LogP contribution in [0.25, 0.3) is 0 Å². The second-order valence-electron chi connectivity index (χ2n) is 8.10. The Morgan fingerprint density at radius 2 is 2.03 bits per heavy atom. The lowest BCUT2D eigenvalue weighted by molar-refractivity contribution is 0.204. The molecular formula is C24H27FN6O3. The lowest BCUT2D eigenvalue weighted by Gasteiger charge is -2.39. The van der Waals surface area contributed by atoms with Crippen molar-refractivity contribution in [3.05, 3.63) is 60.5 Å². The van der Waals surface area contributed by atoms with Gasteiger partial charge in [0.2, 0.25) is 5.95 Å². The first-order valence-corrected chi connectivity index (χ1v) is 10.9. The number of hydrogen-bond donors (Lipinski definition) is 2. The fraction of sp³-hybridized carbons (Fsp3) is 0.292. The van der Waals surface area contributed by atoms with Gasteiger partial charge >= 0.3 is 6.09 Å². The largest absolute Gasteiger partial charge is 0.495 e. The number of piperazine rings is 1. The summed E-state index contributed by atoms with van der Waals surface area (Å²) in [7, 11) is 3.53. The first kappa shape index (κ1) is 23.2. The molecule has 1 aliphatic rings. The third-order valence-electron chi connectivity index (χ3n) is 5.89. The molecule has 178 valence electrons. The van der Waals surface area contributed by atoms with E-state index in [-0.39, 0.29) is 17.6 Å². The number of carboxylic acid groups (broad SMARTS) is 1. The highest BCUT2D eigenvalue weighted by Crippen LogP contribution is 2.33. The third-order valence-corrected chi connectivity index (χ3v) is 5.89.